The normalized spacial score (nSPS) is 11.6. The molecule has 0 amide bonds. The van der Waals surface area contributed by atoms with Gasteiger partial charge in [-0.3, -0.25) is 0 Å². The fraction of sp³-hybridized carbons (Fsp3) is 0.333. The summed E-state index contributed by atoms with van der Waals surface area (Å²) in [6.07, 6.45) is 0. The largest absolute Gasteiger partial charge is 0.481 e. The van der Waals surface area contributed by atoms with Gasteiger partial charge >= 0.3 is 0 Å². The molecule has 180 valence electrons. The third-order valence-electron chi connectivity index (χ3n) is 5.36. The van der Waals surface area contributed by atoms with E-state index in [9.17, 15) is 0 Å². The number of nitrogens with two attached hydrogens (primary N) is 1. The second kappa shape index (κ2) is 9.89. The minimum absolute atomic E-state index is 0.00968. The van der Waals surface area contributed by atoms with Crippen LogP contribution in [0, 0.1) is 0 Å². The van der Waals surface area contributed by atoms with Crippen molar-refractivity contribution in [2.45, 2.75) is 52.4 Å². The topological polar surface area (TPSA) is 81.4 Å². The molecule has 0 spiro atoms. The van der Waals surface area contributed by atoms with E-state index >= 15 is 0 Å². The Kier molecular flexibility index (Phi) is 7.36. The fourth-order valence-corrected chi connectivity index (χ4v) is 3.63. The molecule has 3 aromatic rings. The first-order valence-corrected chi connectivity index (χ1v) is 11.6. The number of anilines is 3. The van der Waals surface area contributed by atoms with Crippen LogP contribution in [0.1, 0.15) is 52.7 Å². The van der Waals surface area contributed by atoms with Crippen LogP contribution in [0.3, 0.4) is 0 Å². The molecule has 6 nitrogen and oxygen atoms in total. The summed E-state index contributed by atoms with van der Waals surface area (Å²) in [4.78, 5) is 4.51. The van der Waals surface area contributed by atoms with Gasteiger partial charge in [-0.15, -0.1) is 0 Å². The van der Waals surface area contributed by atoms with Crippen LogP contribution in [0.15, 0.2) is 54.6 Å². The zero-order valence-corrected chi connectivity index (χ0v) is 21.8. The smallest absolute Gasteiger partial charge is 0.246 e. The zero-order valence-electron chi connectivity index (χ0n) is 20.9. The third kappa shape index (κ3) is 6.17. The maximum atomic E-state index is 6.28. The number of ether oxygens (including phenoxy) is 2. The molecular formula is C27H34N4O2S. The van der Waals surface area contributed by atoms with E-state index in [0.717, 1.165) is 22.6 Å². The number of aromatic nitrogens is 1. The van der Waals surface area contributed by atoms with Crippen molar-refractivity contribution in [3.8, 4) is 17.5 Å². The van der Waals surface area contributed by atoms with E-state index in [0.29, 0.717) is 28.2 Å². The van der Waals surface area contributed by atoms with Crippen molar-refractivity contribution in [2.75, 3.05) is 23.5 Å². The van der Waals surface area contributed by atoms with E-state index in [4.69, 9.17) is 27.4 Å². The number of para-hydroxylation sites is 1. The Labute approximate surface area is 207 Å². The Morgan fingerprint density at radius 2 is 1.53 bits per heavy atom. The molecule has 0 bridgehead atoms. The lowest BCUT2D eigenvalue weighted by Gasteiger charge is -2.23. The lowest BCUT2D eigenvalue weighted by atomic mass is 9.86. The second-order valence-corrected chi connectivity index (χ2v) is 10.6. The lowest BCUT2D eigenvalue weighted by Crippen LogP contribution is -2.21. The molecule has 0 fully saturated rings. The summed E-state index contributed by atoms with van der Waals surface area (Å²) >= 11 is 5.56. The standard InChI is InChI=1S/C27H34N4O2S/c1-26(2,3)17-12-13-20(19(28)16-17)29-25(34)30-21-14-15-23(32-7)31-24(21)33-22-11-9-8-10-18(22)27(4,5)6/h8-16H,28H2,1-7H3,(H2,29,30,34). The quantitative estimate of drug-likeness (QED) is 0.273. The third-order valence-corrected chi connectivity index (χ3v) is 5.56. The van der Waals surface area contributed by atoms with E-state index in [1.54, 1.807) is 13.2 Å². The molecule has 0 aliphatic heterocycles. The van der Waals surface area contributed by atoms with Gasteiger partial charge in [0.1, 0.15) is 11.4 Å². The molecule has 0 atom stereocenters. The number of hydrogen-bond acceptors (Lipinski definition) is 5. The number of pyridine rings is 1. The number of benzene rings is 2. The second-order valence-electron chi connectivity index (χ2n) is 10.2. The molecule has 0 aliphatic rings. The molecule has 4 N–H and O–H groups in total. The highest BCUT2D eigenvalue weighted by molar-refractivity contribution is 7.80. The summed E-state index contributed by atoms with van der Waals surface area (Å²) in [7, 11) is 1.57. The summed E-state index contributed by atoms with van der Waals surface area (Å²) in [5.41, 5.74) is 10.4. The van der Waals surface area contributed by atoms with Crippen molar-refractivity contribution >= 4 is 34.4 Å². The van der Waals surface area contributed by atoms with Crippen LogP contribution < -0.4 is 25.8 Å². The summed E-state index contributed by atoms with van der Waals surface area (Å²) in [6, 6.07) is 17.5. The first kappa shape index (κ1) is 25.3. The molecule has 34 heavy (non-hydrogen) atoms. The van der Waals surface area contributed by atoms with E-state index in [2.05, 4.69) is 63.2 Å². The molecule has 0 radical (unpaired) electrons. The maximum Gasteiger partial charge on any atom is 0.246 e. The van der Waals surface area contributed by atoms with E-state index < -0.39 is 0 Å². The highest BCUT2D eigenvalue weighted by atomic mass is 32.1. The Morgan fingerprint density at radius 3 is 2.15 bits per heavy atom. The van der Waals surface area contributed by atoms with Gasteiger partial charge < -0.3 is 25.8 Å². The molecule has 0 saturated carbocycles. The Balaban J connectivity index is 1.86. The van der Waals surface area contributed by atoms with Crippen molar-refractivity contribution in [1.82, 2.24) is 4.98 Å². The Morgan fingerprint density at radius 1 is 0.882 bits per heavy atom. The fourth-order valence-electron chi connectivity index (χ4n) is 3.41. The summed E-state index contributed by atoms with van der Waals surface area (Å²) in [6.45, 7) is 12.9. The monoisotopic (exact) mass is 478 g/mol. The van der Waals surface area contributed by atoms with Gasteiger partial charge in [-0.05, 0) is 52.9 Å². The summed E-state index contributed by atoms with van der Waals surface area (Å²) in [5.74, 6) is 1.52. The van der Waals surface area contributed by atoms with Crippen LogP contribution in [0.2, 0.25) is 0 Å². The van der Waals surface area contributed by atoms with E-state index in [1.807, 2.05) is 42.5 Å². The molecule has 0 aliphatic carbocycles. The average molecular weight is 479 g/mol. The SMILES string of the molecule is COc1ccc(NC(=S)Nc2ccc(C(C)(C)C)cc2N)c(Oc2ccccc2C(C)(C)C)n1. The average Bonchev–Trinajstić information content (AvgIpc) is 2.75. The zero-order chi connectivity index (χ0) is 25.1. The highest BCUT2D eigenvalue weighted by Gasteiger charge is 2.21. The Bertz CT molecular complexity index is 1180. The molecule has 3 rings (SSSR count). The van der Waals surface area contributed by atoms with E-state index in [-0.39, 0.29) is 10.8 Å². The predicted molar refractivity (Wildman–Crippen MR) is 145 cm³/mol. The van der Waals surface area contributed by atoms with Gasteiger partial charge in [-0.2, -0.15) is 4.98 Å². The molecular weight excluding hydrogens is 444 g/mol. The summed E-state index contributed by atoms with van der Waals surface area (Å²) < 4.78 is 11.6. The first-order chi connectivity index (χ1) is 15.9. The van der Waals surface area contributed by atoms with Crippen LogP contribution in [0.25, 0.3) is 0 Å². The van der Waals surface area contributed by atoms with E-state index in [1.165, 1.54) is 0 Å². The van der Waals surface area contributed by atoms with Crippen LogP contribution in [-0.4, -0.2) is 17.2 Å². The lowest BCUT2D eigenvalue weighted by molar-refractivity contribution is 0.381. The number of nitrogens with one attached hydrogen (secondary N) is 2. The van der Waals surface area contributed by atoms with Gasteiger partial charge in [0.2, 0.25) is 11.8 Å². The van der Waals surface area contributed by atoms with Crippen molar-refractivity contribution < 1.29 is 9.47 Å². The summed E-state index contributed by atoms with van der Waals surface area (Å²) in [5, 5.41) is 6.73. The van der Waals surface area contributed by atoms with Gasteiger partial charge in [0, 0.05) is 11.6 Å². The minimum atomic E-state index is -0.101. The molecule has 7 heteroatoms. The van der Waals surface area contributed by atoms with Crippen LogP contribution in [0.4, 0.5) is 17.1 Å². The van der Waals surface area contributed by atoms with Gasteiger partial charge in [0.15, 0.2) is 5.11 Å². The van der Waals surface area contributed by atoms with Crippen LogP contribution in [0.5, 0.6) is 17.5 Å². The first-order valence-electron chi connectivity index (χ1n) is 11.2. The highest BCUT2D eigenvalue weighted by Crippen LogP contribution is 2.36. The van der Waals surface area contributed by atoms with Crippen molar-refractivity contribution in [1.29, 1.82) is 0 Å². The van der Waals surface area contributed by atoms with Crippen molar-refractivity contribution in [2.24, 2.45) is 0 Å². The van der Waals surface area contributed by atoms with Gasteiger partial charge in [-0.25, -0.2) is 0 Å². The number of nitrogen functional groups attached to an aromatic ring is 1. The minimum Gasteiger partial charge on any atom is -0.481 e. The number of thiocarbonyl (C=S) groups is 1. The van der Waals surface area contributed by atoms with Crippen LogP contribution in [-0.2, 0) is 10.8 Å². The number of hydrogen-bond donors (Lipinski definition) is 3. The van der Waals surface area contributed by atoms with Gasteiger partial charge in [-0.1, -0.05) is 65.8 Å². The number of methoxy groups -OCH3 is 1. The van der Waals surface area contributed by atoms with Crippen LogP contribution >= 0.6 is 12.2 Å². The van der Waals surface area contributed by atoms with Gasteiger partial charge in [0.25, 0.3) is 0 Å². The predicted octanol–water partition coefficient (Wildman–Crippen LogP) is 6.87. The maximum absolute atomic E-state index is 6.28. The Hall–Kier alpha value is -3.32. The molecule has 1 heterocycles. The van der Waals surface area contributed by atoms with Crippen molar-refractivity contribution in [3.63, 3.8) is 0 Å². The number of rotatable bonds is 5. The molecule has 0 unspecified atom stereocenters. The number of nitrogens with zero attached hydrogens (tertiary/aromatic N) is 1. The van der Waals surface area contributed by atoms with Gasteiger partial charge in [0.05, 0.1) is 18.5 Å². The van der Waals surface area contributed by atoms with Crippen molar-refractivity contribution in [3.05, 3.63) is 65.7 Å². The molecule has 2 aromatic carbocycles. The molecule has 1 aromatic heterocycles. The molecule has 0 saturated heterocycles.